The number of ether oxygens (including phenoxy) is 2. The van der Waals surface area contributed by atoms with E-state index in [1.54, 1.807) is 11.0 Å². The molecule has 0 aliphatic carbocycles. The van der Waals surface area contributed by atoms with E-state index < -0.39 is 47.7 Å². The van der Waals surface area contributed by atoms with E-state index in [0.29, 0.717) is 32.4 Å². The minimum Gasteiger partial charge on any atom is -0.455 e. The van der Waals surface area contributed by atoms with E-state index in [4.69, 9.17) is 9.47 Å². The predicted molar refractivity (Wildman–Crippen MR) is 172 cm³/mol. The van der Waals surface area contributed by atoms with Crippen molar-refractivity contribution in [1.82, 2.24) is 15.1 Å². The molecule has 8 atom stereocenters. The van der Waals surface area contributed by atoms with Crippen LogP contribution >= 0.6 is 0 Å². The molecule has 4 heterocycles. The highest BCUT2D eigenvalue weighted by Crippen LogP contribution is 2.53. The van der Waals surface area contributed by atoms with E-state index in [0.717, 1.165) is 31.2 Å². The molecule has 5 rings (SSSR count). The second-order valence-electron chi connectivity index (χ2n) is 13.1. The first-order valence-corrected chi connectivity index (χ1v) is 17.0. The Kier molecular flexibility index (Phi) is 11.0. The van der Waals surface area contributed by atoms with Crippen molar-refractivity contribution < 1.29 is 33.8 Å². The number of carbonyl (C=O) groups is 4. The number of benzene rings is 1. The summed E-state index contributed by atoms with van der Waals surface area (Å²) in [5.74, 6) is -3.14. The molecule has 2 saturated heterocycles. The lowest BCUT2D eigenvalue weighted by molar-refractivity contribution is -0.161. The van der Waals surface area contributed by atoms with Crippen LogP contribution in [-0.2, 0) is 28.7 Å². The second-order valence-corrected chi connectivity index (χ2v) is 13.1. The van der Waals surface area contributed by atoms with Crippen molar-refractivity contribution in [2.45, 2.75) is 108 Å². The summed E-state index contributed by atoms with van der Waals surface area (Å²) in [7, 11) is 0. The molecule has 1 aromatic carbocycles. The van der Waals surface area contributed by atoms with Crippen LogP contribution in [0.25, 0.3) is 0 Å². The number of aliphatic hydroxyl groups is 1. The molecule has 0 radical (unpaired) electrons. The summed E-state index contributed by atoms with van der Waals surface area (Å²) in [6, 6.07) is 7.80. The first kappa shape index (κ1) is 33.9. The molecule has 10 nitrogen and oxygen atoms in total. The average Bonchev–Trinajstić information content (AvgIpc) is 3.42. The molecular formula is C36H49N3O7. The molecule has 2 fully saturated rings. The number of rotatable bonds is 10. The molecule has 46 heavy (non-hydrogen) atoms. The lowest BCUT2D eigenvalue weighted by Gasteiger charge is -2.37. The topological polar surface area (TPSA) is 125 Å². The fraction of sp³-hybridized carbons (Fsp3) is 0.611. The Morgan fingerprint density at radius 1 is 1.04 bits per heavy atom. The van der Waals surface area contributed by atoms with Gasteiger partial charge in [0.25, 0.3) is 0 Å². The van der Waals surface area contributed by atoms with Gasteiger partial charge in [0, 0.05) is 32.2 Å². The number of nitrogens with one attached hydrogen (secondary N) is 1. The number of cyclic esters (lactones) is 1. The zero-order chi connectivity index (χ0) is 32.8. The van der Waals surface area contributed by atoms with Gasteiger partial charge in [0.2, 0.25) is 17.7 Å². The number of amides is 3. The fourth-order valence-corrected chi connectivity index (χ4v) is 7.68. The summed E-state index contributed by atoms with van der Waals surface area (Å²) < 4.78 is 13.1. The van der Waals surface area contributed by atoms with E-state index in [9.17, 15) is 24.3 Å². The van der Waals surface area contributed by atoms with Crippen LogP contribution in [-0.4, -0.2) is 88.1 Å². The third-order valence-electron chi connectivity index (χ3n) is 9.92. The monoisotopic (exact) mass is 635 g/mol. The molecule has 4 aliphatic rings. The van der Waals surface area contributed by atoms with E-state index in [1.165, 1.54) is 0 Å². The molecule has 4 aliphatic heterocycles. The lowest BCUT2D eigenvalue weighted by atomic mass is 9.77. The Morgan fingerprint density at radius 2 is 1.80 bits per heavy atom. The molecule has 1 aromatic rings. The Balaban J connectivity index is 1.55. The third kappa shape index (κ3) is 6.65. The molecule has 10 heteroatoms. The first-order chi connectivity index (χ1) is 22.2. The van der Waals surface area contributed by atoms with E-state index >= 15 is 0 Å². The van der Waals surface area contributed by atoms with Crippen molar-refractivity contribution in [3.63, 3.8) is 0 Å². The Morgan fingerprint density at radius 3 is 2.54 bits per heavy atom. The van der Waals surface area contributed by atoms with Crippen LogP contribution in [0.1, 0.15) is 83.8 Å². The normalized spacial score (nSPS) is 32.8. The van der Waals surface area contributed by atoms with Crippen LogP contribution in [0, 0.1) is 11.8 Å². The molecule has 0 bridgehead atoms. The van der Waals surface area contributed by atoms with Gasteiger partial charge in [-0.25, -0.2) is 0 Å². The second kappa shape index (κ2) is 14.9. The van der Waals surface area contributed by atoms with Gasteiger partial charge in [-0.3, -0.25) is 19.2 Å². The minimum atomic E-state index is -1.35. The van der Waals surface area contributed by atoms with E-state index in [1.807, 2.05) is 67.3 Å². The summed E-state index contributed by atoms with van der Waals surface area (Å²) in [4.78, 5) is 59.7. The zero-order valence-electron chi connectivity index (χ0n) is 27.3. The summed E-state index contributed by atoms with van der Waals surface area (Å²) in [6.45, 7) is 6.78. The number of allylic oxidation sites excluding steroid dienone is 1. The van der Waals surface area contributed by atoms with Crippen LogP contribution in [0.3, 0.4) is 0 Å². The molecule has 250 valence electrons. The van der Waals surface area contributed by atoms with Crippen LogP contribution in [0.4, 0.5) is 0 Å². The SMILES string of the molecule is CCCC(C)N1CC=C[C@@]23O[C@H]4/C=C\CCC(=O)N[C@@H](C)[C@H](c5ccccc5)OC(=O)[C@H]4[C@@H]2C(=O)N(CCCCCCO)[C@H]3C1=O. The molecule has 0 aromatic heterocycles. The number of unbranched alkanes of at least 4 members (excludes halogenated alkanes) is 3. The van der Waals surface area contributed by atoms with Crippen LogP contribution in [0.15, 0.2) is 54.6 Å². The Hall–Kier alpha value is -3.50. The molecular weight excluding hydrogens is 586 g/mol. The van der Waals surface area contributed by atoms with Gasteiger partial charge < -0.3 is 29.7 Å². The molecule has 0 saturated carbocycles. The van der Waals surface area contributed by atoms with Gasteiger partial charge in [0.1, 0.15) is 23.7 Å². The number of carbonyl (C=O) groups excluding carboxylic acids is 4. The predicted octanol–water partition coefficient (Wildman–Crippen LogP) is 3.85. The fourth-order valence-electron chi connectivity index (χ4n) is 7.68. The van der Waals surface area contributed by atoms with Crippen LogP contribution in [0.5, 0.6) is 0 Å². The highest BCUT2D eigenvalue weighted by atomic mass is 16.6. The number of fused-ring (bicyclic) bond motifs is 2. The number of aliphatic hydroxyl groups excluding tert-OH is 1. The van der Waals surface area contributed by atoms with Crippen molar-refractivity contribution in [1.29, 1.82) is 0 Å². The highest BCUT2D eigenvalue weighted by Gasteiger charge is 2.71. The number of hydrogen-bond acceptors (Lipinski definition) is 7. The van der Waals surface area contributed by atoms with Crippen molar-refractivity contribution in [2.24, 2.45) is 11.8 Å². The van der Waals surface area contributed by atoms with Crippen molar-refractivity contribution in [3.05, 3.63) is 60.2 Å². The standard InChI is InChI=1S/C36H49N3O7/c1-4-15-24(2)38-22-14-20-36-30(33(42)39(32(36)34(38)43)21-12-5-6-13-23-40)29-27(46-36)18-10-11-19-28(41)37-25(3)31(45-35(29)44)26-16-8-7-9-17-26/h7-10,14,16-18,20,24-25,27,29-32,40H,4-6,11-13,15,19,21-23H2,1-3H3,(H,37,41)/b18-10-/t24?,25-,27-,29+,30+,31+,32-,36+/m0/s1. The number of esters is 1. The minimum absolute atomic E-state index is 0.0320. The van der Waals surface area contributed by atoms with Crippen LogP contribution < -0.4 is 5.32 Å². The Bertz CT molecular complexity index is 1320. The summed E-state index contributed by atoms with van der Waals surface area (Å²) in [5, 5.41) is 12.2. The van der Waals surface area contributed by atoms with Gasteiger partial charge in [0.15, 0.2) is 0 Å². The van der Waals surface area contributed by atoms with Gasteiger partial charge >= 0.3 is 5.97 Å². The van der Waals surface area contributed by atoms with E-state index in [2.05, 4.69) is 12.2 Å². The quantitative estimate of drug-likeness (QED) is 0.227. The molecule has 1 spiro atoms. The largest absolute Gasteiger partial charge is 0.455 e. The van der Waals surface area contributed by atoms with Gasteiger partial charge in [-0.1, -0.05) is 80.8 Å². The maximum Gasteiger partial charge on any atom is 0.313 e. The molecule has 1 unspecified atom stereocenters. The van der Waals surface area contributed by atoms with Gasteiger partial charge in [0.05, 0.1) is 18.1 Å². The highest BCUT2D eigenvalue weighted by molar-refractivity contribution is 5.99. The summed E-state index contributed by atoms with van der Waals surface area (Å²) in [5.41, 5.74) is -0.618. The van der Waals surface area contributed by atoms with Crippen molar-refractivity contribution in [3.8, 4) is 0 Å². The zero-order valence-corrected chi connectivity index (χ0v) is 27.3. The van der Waals surface area contributed by atoms with Gasteiger partial charge in [-0.05, 0) is 45.1 Å². The number of likely N-dealkylation sites (tertiary alicyclic amines) is 1. The first-order valence-electron chi connectivity index (χ1n) is 17.0. The van der Waals surface area contributed by atoms with Gasteiger partial charge in [-0.2, -0.15) is 0 Å². The summed E-state index contributed by atoms with van der Waals surface area (Å²) in [6.07, 6.45) is 11.1. The lowest BCUT2D eigenvalue weighted by Crippen LogP contribution is -2.56. The number of nitrogens with zero attached hydrogens (tertiary/aromatic N) is 2. The maximum absolute atomic E-state index is 14.6. The van der Waals surface area contributed by atoms with Crippen molar-refractivity contribution in [2.75, 3.05) is 19.7 Å². The maximum atomic E-state index is 14.6. The van der Waals surface area contributed by atoms with Crippen LogP contribution in [0.2, 0.25) is 0 Å². The average molecular weight is 636 g/mol. The van der Waals surface area contributed by atoms with Crippen molar-refractivity contribution >= 4 is 23.7 Å². The molecule has 3 amide bonds. The van der Waals surface area contributed by atoms with E-state index in [-0.39, 0.29) is 36.8 Å². The Labute approximate surface area is 272 Å². The van der Waals surface area contributed by atoms with Gasteiger partial charge in [-0.15, -0.1) is 0 Å². The smallest absolute Gasteiger partial charge is 0.313 e. The molecule has 2 N–H and O–H groups in total. The number of hydrogen-bond donors (Lipinski definition) is 2. The third-order valence-corrected chi connectivity index (χ3v) is 9.92. The summed E-state index contributed by atoms with van der Waals surface area (Å²) >= 11 is 0.